The largest absolute Gasteiger partial charge is 0.481 e. The van der Waals surface area contributed by atoms with E-state index < -0.39 is 5.97 Å². The molecule has 1 amide bonds. The van der Waals surface area contributed by atoms with E-state index in [4.69, 9.17) is 5.11 Å². The van der Waals surface area contributed by atoms with E-state index in [1.54, 1.807) is 11.3 Å². The highest BCUT2D eigenvalue weighted by Crippen LogP contribution is 2.33. The first-order chi connectivity index (χ1) is 9.63. The van der Waals surface area contributed by atoms with Crippen LogP contribution in [0.1, 0.15) is 42.7 Å². The zero-order valence-electron chi connectivity index (χ0n) is 11.2. The molecule has 2 aliphatic carbocycles. The van der Waals surface area contributed by atoms with E-state index in [2.05, 4.69) is 10.3 Å². The van der Waals surface area contributed by atoms with Gasteiger partial charge in [0.1, 0.15) is 0 Å². The SMILES string of the molecule is O=C(O)[C@@H]1CC[C@H](C(=O)Nc2nc3c(s2)CCCC3)C1. The van der Waals surface area contributed by atoms with Gasteiger partial charge in [0.2, 0.25) is 5.91 Å². The van der Waals surface area contributed by atoms with Gasteiger partial charge in [-0.05, 0) is 44.9 Å². The predicted octanol–water partition coefficient (Wildman–Crippen LogP) is 2.46. The van der Waals surface area contributed by atoms with Crippen LogP contribution in [0.2, 0.25) is 0 Å². The molecule has 1 saturated carbocycles. The lowest BCUT2D eigenvalue weighted by atomic mass is 10.0. The summed E-state index contributed by atoms with van der Waals surface area (Å²) < 4.78 is 0. The minimum Gasteiger partial charge on any atom is -0.481 e. The van der Waals surface area contributed by atoms with Gasteiger partial charge in [-0.3, -0.25) is 9.59 Å². The van der Waals surface area contributed by atoms with Crippen molar-refractivity contribution in [2.75, 3.05) is 5.32 Å². The third kappa shape index (κ3) is 2.70. The number of fused-ring (bicyclic) bond motifs is 1. The molecule has 2 aliphatic rings. The van der Waals surface area contributed by atoms with Gasteiger partial charge in [-0.15, -0.1) is 11.3 Å². The van der Waals surface area contributed by atoms with Gasteiger partial charge < -0.3 is 10.4 Å². The minimum atomic E-state index is -0.787. The van der Waals surface area contributed by atoms with E-state index >= 15 is 0 Å². The first kappa shape index (κ1) is 13.5. The fraction of sp³-hybridized carbons (Fsp3) is 0.643. The molecule has 1 heterocycles. The highest BCUT2D eigenvalue weighted by atomic mass is 32.1. The van der Waals surface area contributed by atoms with Crippen LogP contribution >= 0.6 is 11.3 Å². The van der Waals surface area contributed by atoms with Crippen molar-refractivity contribution >= 4 is 28.3 Å². The Bertz CT molecular complexity index is 517. The number of aryl methyl sites for hydroxylation is 2. The average molecular weight is 294 g/mol. The number of hydrogen-bond donors (Lipinski definition) is 2. The molecule has 0 aromatic carbocycles. The Balaban J connectivity index is 1.62. The van der Waals surface area contributed by atoms with E-state index in [-0.39, 0.29) is 17.7 Å². The zero-order chi connectivity index (χ0) is 14.1. The van der Waals surface area contributed by atoms with Crippen LogP contribution in [0.25, 0.3) is 0 Å². The van der Waals surface area contributed by atoms with Gasteiger partial charge >= 0.3 is 5.97 Å². The molecule has 0 aliphatic heterocycles. The molecular weight excluding hydrogens is 276 g/mol. The van der Waals surface area contributed by atoms with Crippen molar-refractivity contribution in [2.45, 2.75) is 44.9 Å². The Morgan fingerprint density at radius 2 is 1.95 bits per heavy atom. The number of anilines is 1. The summed E-state index contributed by atoms with van der Waals surface area (Å²) in [6.45, 7) is 0. The quantitative estimate of drug-likeness (QED) is 0.897. The fourth-order valence-corrected chi connectivity index (χ4v) is 4.11. The van der Waals surface area contributed by atoms with E-state index in [0.717, 1.165) is 18.5 Å². The van der Waals surface area contributed by atoms with Crippen molar-refractivity contribution < 1.29 is 14.7 Å². The average Bonchev–Trinajstić information content (AvgIpc) is 3.04. The van der Waals surface area contributed by atoms with E-state index in [1.165, 1.54) is 17.7 Å². The zero-order valence-corrected chi connectivity index (χ0v) is 12.0. The Morgan fingerprint density at radius 3 is 2.65 bits per heavy atom. The molecule has 6 heteroatoms. The van der Waals surface area contributed by atoms with Gasteiger partial charge in [0.15, 0.2) is 5.13 Å². The van der Waals surface area contributed by atoms with Crippen LogP contribution < -0.4 is 5.32 Å². The third-order valence-corrected chi connectivity index (χ3v) is 5.30. The van der Waals surface area contributed by atoms with Gasteiger partial charge in [-0.1, -0.05) is 0 Å². The summed E-state index contributed by atoms with van der Waals surface area (Å²) in [6.07, 6.45) is 6.15. The van der Waals surface area contributed by atoms with Gasteiger partial charge in [0.25, 0.3) is 0 Å². The maximum Gasteiger partial charge on any atom is 0.306 e. The smallest absolute Gasteiger partial charge is 0.306 e. The molecular formula is C14H18N2O3S. The molecule has 5 nitrogen and oxygen atoms in total. The monoisotopic (exact) mass is 294 g/mol. The Morgan fingerprint density at radius 1 is 1.20 bits per heavy atom. The highest BCUT2D eigenvalue weighted by molar-refractivity contribution is 7.15. The Labute approximate surface area is 121 Å². The number of nitrogens with one attached hydrogen (secondary N) is 1. The number of carbonyl (C=O) groups excluding carboxylic acids is 1. The number of thiazole rings is 1. The molecule has 0 unspecified atom stereocenters. The van der Waals surface area contributed by atoms with Crippen molar-refractivity contribution in [3.05, 3.63) is 10.6 Å². The number of rotatable bonds is 3. The van der Waals surface area contributed by atoms with Crippen LogP contribution in [0.15, 0.2) is 0 Å². The van der Waals surface area contributed by atoms with Crippen molar-refractivity contribution in [3.8, 4) is 0 Å². The van der Waals surface area contributed by atoms with Gasteiger partial charge in [-0.2, -0.15) is 0 Å². The molecule has 1 aromatic rings. The summed E-state index contributed by atoms with van der Waals surface area (Å²) in [5.41, 5.74) is 1.13. The molecule has 1 fully saturated rings. The van der Waals surface area contributed by atoms with Crippen LogP contribution in [-0.2, 0) is 22.4 Å². The molecule has 1 aromatic heterocycles. The Hall–Kier alpha value is -1.43. The highest BCUT2D eigenvalue weighted by Gasteiger charge is 2.34. The number of aromatic nitrogens is 1. The summed E-state index contributed by atoms with van der Waals surface area (Å²) in [4.78, 5) is 28.9. The molecule has 2 N–H and O–H groups in total. The summed E-state index contributed by atoms with van der Waals surface area (Å²) in [5.74, 6) is -1.41. The van der Waals surface area contributed by atoms with Crippen molar-refractivity contribution in [2.24, 2.45) is 11.8 Å². The van der Waals surface area contributed by atoms with Crippen molar-refractivity contribution in [3.63, 3.8) is 0 Å². The molecule has 2 atom stereocenters. The second-order valence-corrected chi connectivity index (χ2v) is 6.71. The summed E-state index contributed by atoms with van der Waals surface area (Å²) >= 11 is 1.57. The number of amides is 1. The molecule has 0 bridgehead atoms. The second kappa shape index (κ2) is 5.52. The summed E-state index contributed by atoms with van der Waals surface area (Å²) in [6, 6.07) is 0. The van der Waals surface area contributed by atoms with E-state index in [9.17, 15) is 9.59 Å². The predicted molar refractivity (Wildman–Crippen MR) is 75.9 cm³/mol. The first-order valence-electron chi connectivity index (χ1n) is 7.15. The van der Waals surface area contributed by atoms with Crippen LogP contribution in [0.5, 0.6) is 0 Å². The summed E-state index contributed by atoms with van der Waals surface area (Å²) in [5, 5.41) is 12.5. The normalized spacial score (nSPS) is 25.2. The number of aliphatic carboxylic acids is 1. The number of nitrogens with zero attached hydrogens (tertiary/aromatic N) is 1. The van der Waals surface area contributed by atoms with Gasteiger partial charge in [0, 0.05) is 10.8 Å². The number of hydrogen-bond acceptors (Lipinski definition) is 4. The number of carbonyl (C=O) groups is 2. The molecule has 20 heavy (non-hydrogen) atoms. The van der Waals surface area contributed by atoms with Crippen molar-refractivity contribution in [1.82, 2.24) is 4.98 Å². The second-order valence-electron chi connectivity index (χ2n) is 5.63. The minimum absolute atomic E-state index is 0.0696. The van der Waals surface area contributed by atoms with Crippen LogP contribution in [0.4, 0.5) is 5.13 Å². The lowest BCUT2D eigenvalue weighted by Gasteiger charge is -2.08. The maximum absolute atomic E-state index is 12.2. The van der Waals surface area contributed by atoms with Crippen molar-refractivity contribution in [1.29, 1.82) is 0 Å². The van der Waals surface area contributed by atoms with Crippen LogP contribution in [0.3, 0.4) is 0 Å². The third-order valence-electron chi connectivity index (χ3n) is 4.23. The van der Waals surface area contributed by atoms with Gasteiger partial charge in [-0.25, -0.2) is 4.98 Å². The molecule has 0 spiro atoms. The number of carboxylic acids is 1. The molecule has 0 radical (unpaired) electrons. The van der Waals surface area contributed by atoms with Crippen LogP contribution in [-0.4, -0.2) is 22.0 Å². The maximum atomic E-state index is 12.2. The lowest BCUT2D eigenvalue weighted by molar-refractivity contribution is -0.141. The summed E-state index contributed by atoms with van der Waals surface area (Å²) in [7, 11) is 0. The topological polar surface area (TPSA) is 79.3 Å². The standard InChI is InChI=1S/C14H18N2O3S/c17-12(8-5-6-9(7-8)13(18)19)16-14-15-10-3-1-2-4-11(10)20-14/h8-9H,1-7H2,(H,18,19)(H,15,16,17)/t8-,9+/m0/s1. The van der Waals surface area contributed by atoms with E-state index in [0.29, 0.717) is 24.4 Å². The van der Waals surface area contributed by atoms with E-state index in [1.807, 2.05) is 0 Å². The molecule has 3 rings (SSSR count). The van der Waals surface area contributed by atoms with Crippen LogP contribution in [0, 0.1) is 11.8 Å². The number of carboxylic acid groups (broad SMARTS) is 1. The Kier molecular flexibility index (Phi) is 3.74. The first-order valence-corrected chi connectivity index (χ1v) is 7.97. The lowest BCUT2D eigenvalue weighted by Crippen LogP contribution is -2.21. The van der Waals surface area contributed by atoms with Gasteiger partial charge in [0.05, 0.1) is 11.6 Å². The molecule has 108 valence electrons. The molecule has 0 saturated heterocycles. The fourth-order valence-electron chi connectivity index (χ4n) is 3.06.